The van der Waals surface area contributed by atoms with Crippen LogP contribution in [0.3, 0.4) is 0 Å². The summed E-state index contributed by atoms with van der Waals surface area (Å²) in [5.74, 6) is -0.387. The van der Waals surface area contributed by atoms with Crippen LogP contribution in [0.5, 0.6) is 0 Å². The first-order chi connectivity index (χ1) is 13.3. The Balaban J connectivity index is 2.17. The van der Waals surface area contributed by atoms with Gasteiger partial charge in [-0.25, -0.2) is 8.42 Å². The molecule has 0 aliphatic heterocycles. The van der Waals surface area contributed by atoms with Gasteiger partial charge in [0.25, 0.3) is 0 Å². The Bertz CT molecular complexity index is 980. The van der Waals surface area contributed by atoms with Gasteiger partial charge in [0.1, 0.15) is 6.54 Å². The molecule has 0 bridgehead atoms. The molecule has 0 fully saturated rings. The summed E-state index contributed by atoms with van der Waals surface area (Å²) in [7, 11) is -3.66. The number of hydrogen-bond donors (Lipinski definition) is 1. The molecule has 0 heterocycles. The minimum atomic E-state index is -3.66. The quantitative estimate of drug-likeness (QED) is 0.720. The largest absolute Gasteiger partial charge is 0.348 e. The van der Waals surface area contributed by atoms with Crippen molar-refractivity contribution in [1.29, 1.82) is 0 Å². The summed E-state index contributed by atoms with van der Waals surface area (Å²) in [6.45, 7) is 9.72. The van der Waals surface area contributed by atoms with Gasteiger partial charge in [0.15, 0.2) is 0 Å². The van der Waals surface area contributed by atoms with E-state index in [0.717, 1.165) is 16.1 Å². The Hall–Kier alpha value is -2.05. The highest BCUT2D eigenvalue weighted by Gasteiger charge is 2.24. The molecule has 2 rings (SSSR count). The van der Waals surface area contributed by atoms with Crippen molar-refractivity contribution >= 4 is 33.2 Å². The van der Waals surface area contributed by atoms with Crippen LogP contribution < -0.4 is 9.62 Å². The monoisotopic (exact) mass is 436 g/mol. The number of benzene rings is 2. The fourth-order valence-electron chi connectivity index (χ4n) is 3.02. The molecule has 1 amide bonds. The Morgan fingerprint density at radius 3 is 2.24 bits per heavy atom. The van der Waals surface area contributed by atoms with Gasteiger partial charge in [0.2, 0.25) is 15.9 Å². The average molecular weight is 437 g/mol. The van der Waals surface area contributed by atoms with Crippen LogP contribution >= 0.6 is 11.6 Å². The molecule has 29 heavy (non-hydrogen) atoms. The zero-order valence-electron chi connectivity index (χ0n) is 17.8. The van der Waals surface area contributed by atoms with E-state index in [-0.39, 0.29) is 23.9 Å². The van der Waals surface area contributed by atoms with Crippen LogP contribution in [0.15, 0.2) is 42.5 Å². The molecule has 1 atom stereocenters. The first-order valence-corrected chi connectivity index (χ1v) is 11.7. The number of carbonyl (C=O) groups excluding carboxylic acids is 1. The normalized spacial score (nSPS) is 13.1. The first-order valence-electron chi connectivity index (χ1n) is 9.43. The maximum absolute atomic E-state index is 12.6. The second kappa shape index (κ2) is 8.76. The van der Waals surface area contributed by atoms with Gasteiger partial charge in [-0.3, -0.25) is 9.10 Å². The molecule has 2 aromatic rings. The first kappa shape index (κ1) is 23.2. The van der Waals surface area contributed by atoms with Crippen molar-refractivity contribution in [1.82, 2.24) is 5.32 Å². The Morgan fingerprint density at radius 2 is 1.72 bits per heavy atom. The average Bonchev–Trinajstić information content (AvgIpc) is 2.61. The Morgan fingerprint density at radius 1 is 1.14 bits per heavy atom. The molecule has 7 heteroatoms. The van der Waals surface area contributed by atoms with Crippen molar-refractivity contribution in [2.75, 3.05) is 17.1 Å². The van der Waals surface area contributed by atoms with Gasteiger partial charge in [-0.15, -0.1) is 0 Å². The third-order valence-electron chi connectivity index (χ3n) is 4.85. The van der Waals surface area contributed by atoms with Gasteiger partial charge < -0.3 is 5.32 Å². The molecule has 0 aliphatic rings. The molecule has 0 aliphatic carbocycles. The SMILES string of the molecule is Cc1c(Cl)cccc1N(CC(=O)NC(C)c1ccc(C(C)(C)C)cc1)S(C)(=O)=O. The summed E-state index contributed by atoms with van der Waals surface area (Å²) in [6, 6.07) is 12.8. The van der Waals surface area contributed by atoms with Crippen LogP contribution in [-0.4, -0.2) is 27.1 Å². The smallest absolute Gasteiger partial charge is 0.241 e. The number of carbonyl (C=O) groups is 1. The van der Waals surface area contributed by atoms with Crippen molar-refractivity contribution in [2.24, 2.45) is 0 Å². The molecule has 0 spiro atoms. The van der Waals surface area contributed by atoms with Crippen molar-refractivity contribution < 1.29 is 13.2 Å². The van der Waals surface area contributed by atoms with E-state index in [1.165, 1.54) is 5.56 Å². The lowest BCUT2D eigenvalue weighted by Crippen LogP contribution is -2.41. The molecular weight excluding hydrogens is 408 g/mol. The lowest BCUT2D eigenvalue weighted by molar-refractivity contribution is -0.120. The van der Waals surface area contributed by atoms with Crippen LogP contribution in [0.1, 0.15) is 50.4 Å². The van der Waals surface area contributed by atoms with Crippen LogP contribution in [0.2, 0.25) is 5.02 Å². The van der Waals surface area contributed by atoms with E-state index >= 15 is 0 Å². The van der Waals surface area contributed by atoms with E-state index in [9.17, 15) is 13.2 Å². The summed E-state index contributed by atoms with van der Waals surface area (Å²) in [4.78, 5) is 12.6. The molecular formula is C22H29ClN2O3S. The van der Waals surface area contributed by atoms with E-state index in [1.807, 2.05) is 19.1 Å². The molecule has 0 saturated carbocycles. The molecule has 5 nitrogen and oxygen atoms in total. The summed E-state index contributed by atoms with van der Waals surface area (Å²) in [6.07, 6.45) is 1.08. The molecule has 158 valence electrons. The van der Waals surface area contributed by atoms with Crippen molar-refractivity contribution in [2.45, 2.75) is 46.1 Å². The highest BCUT2D eigenvalue weighted by molar-refractivity contribution is 7.92. The maximum atomic E-state index is 12.6. The molecule has 1 N–H and O–H groups in total. The van der Waals surface area contributed by atoms with Crippen LogP contribution in [-0.2, 0) is 20.2 Å². The number of rotatable bonds is 6. The number of halogens is 1. The number of nitrogens with zero attached hydrogens (tertiary/aromatic N) is 1. The number of anilines is 1. The Kier molecular flexibility index (Phi) is 7.01. The number of nitrogens with one attached hydrogen (secondary N) is 1. The van der Waals surface area contributed by atoms with E-state index in [1.54, 1.807) is 25.1 Å². The topological polar surface area (TPSA) is 66.5 Å². The lowest BCUT2D eigenvalue weighted by Gasteiger charge is -2.25. The van der Waals surface area contributed by atoms with Crippen molar-refractivity contribution in [3.8, 4) is 0 Å². The zero-order chi connectivity index (χ0) is 22.0. The number of amides is 1. The third kappa shape index (κ3) is 5.97. The maximum Gasteiger partial charge on any atom is 0.241 e. The number of hydrogen-bond acceptors (Lipinski definition) is 3. The van der Waals surface area contributed by atoms with Gasteiger partial charge >= 0.3 is 0 Å². The fourth-order valence-corrected chi connectivity index (χ4v) is 4.10. The number of sulfonamides is 1. The van der Waals surface area contributed by atoms with Gasteiger partial charge in [-0.2, -0.15) is 0 Å². The predicted molar refractivity (Wildman–Crippen MR) is 120 cm³/mol. The molecule has 0 radical (unpaired) electrons. The third-order valence-corrected chi connectivity index (χ3v) is 6.39. The molecule has 0 aromatic heterocycles. The second-order valence-corrected chi connectivity index (χ2v) is 10.6. The minimum absolute atomic E-state index is 0.0514. The summed E-state index contributed by atoms with van der Waals surface area (Å²) < 4.78 is 25.7. The standard InChI is InChI=1S/C22H29ClN2O3S/c1-15-19(23)8-7-9-20(15)25(29(6,27)28)14-21(26)24-16(2)17-10-12-18(13-11-17)22(3,4)5/h7-13,16H,14H2,1-6H3,(H,24,26). The summed E-state index contributed by atoms with van der Waals surface area (Å²) in [5.41, 5.74) is 3.22. The minimum Gasteiger partial charge on any atom is -0.348 e. The molecule has 1 unspecified atom stereocenters. The lowest BCUT2D eigenvalue weighted by atomic mass is 9.86. The van der Waals surface area contributed by atoms with E-state index in [4.69, 9.17) is 11.6 Å². The summed E-state index contributed by atoms with van der Waals surface area (Å²) >= 11 is 6.13. The fraction of sp³-hybridized carbons (Fsp3) is 0.409. The van der Waals surface area contributed by atoms with Gasteiger partial charge in [-0.1, -0.05) is 62.7 Å². The van der Waals surface area contributed by atoms with E-state index < -0.39 is 10.0 Å². The zero-order valence-corrected chi connectivity index (χ0v) is 19.4. The predicted octanol–water partition coefficient (Wildman–Crippen LogP) is 4.59. The van der Waals surface area contributed by atoms with Crippen molar-refractivity contribution in [3.05, 3.63) is 64.2 Å². The summed E-state index contributed by atoms with van der Waals surface area (Å²) in [5, 5.41) is 3.33. The van der Waals surface area contributed by atoms with Gasteiger partial charge in [0, 0.05) is 5.02 Å². The van der Waals surface area contributed by atoms with E-state index in [2.05, 4.69) is 38.2 Å². The van der Waals surface area contributed by atoms with Gasteiger partial charge in [-0.05, 0) is 48.1 Å². The highest BCUT2D eigenvalue weighted by Crippen LogP contribution is 2.28. The van der Waals surface area contributed by atoms with E-state index in [0.29, 0.717) is 16.3 Å². The highest BCUT2D eigenvalue weighted by atomic mass is 35.5. The van der Waals surface area contributed by atoms with Crippen LogP contribution in [0, 0.1) is 6.92 Å². The van der Waals surface area contributed by atoms with Crippen LogP contribution in [0.4, 0.5) is 5.69 Å². The molecule has 2 aromatic carbocycles. The van der Waals surface area contributed by atoms with Crippen LogP contribution in [0.25, 0.3) is 0 Å². The van der Waals surface area contributed by atoms with Gasteiger partial charge in [0.05, 0.1) is 18.0 Å². The Labute approximate surface area is 179 Å². The molecule has 0 saturated heterocycles. The second-order valence-electron chi connectivity index (χ2n) is 8.31. The van der Waals surface area contributed by atoms with Crippen molar-refractivity contribution in [3.63, 3.8) is 0 Å².